The maximum absolute atomic E-state index is 12.6. The molecule has 0 aliphatic carbocycles. The van der Waals surface area contributed by atoms with E-state index in [1.165, 1.54) is 0 Å². The number of thiazole rings is 1. The Bertz CT molecular complexity index is 931. The molecule has 0 bridgehead atoms. The van der Waals surface area contributed by atoms with Crippen molar-refractivity contribution in [3.63, 3.8) is 0 Å². The van der Waals surface area contributed by atoms with Crippen molar-refractivity contribution in [3.05, 3.63) is 29.3 Å². The van der Waals surface area contributed by atoms with Gasteiger partial charge in [0.2, 0.25) is 5.91 Å². The Kier molecular flexibility index (Phi) is 4.84. The lowest BCUT2D eigenvalue weighted by molar-refractivity contribution is -0.145. The van der Waals surface area contributed by atoms with Crippen molar-refractivity contribution in [2.75, 3.05) is 26.2 Å². The lowest BCUT2D eigenvalue weighted by Crippen LogP contribution is -2.46. The SMILES string of the molecule is CCN1C(=O)C(=O)N(CC(=O)N2CCC(c3nc4ccccc4s3)CC2)C1=O. The molecular weight excluding hydrogens is 380 g/mol. The molecule has 0 saturated carbocycles. The van der Waals surface area contributed by atoms with Crippen LogP contribution >= 0.6 is 11.3 Å². The van der Waals surface area contributed by atoms with E-state index in [4.69, 9.17) is 4.98 Å². The van der Waals surface area contributed by atoms with Gasteiger partial charge >= 0.3 is 17.8 Å². The number of likely N-dealkylation sites (N-methyl/N-ethyl adjacent to an activating group) is 1. The average molecular weight is 400 g/mol. The molecule has 1 aromatic heterocycles. The molecule has 2 saturated heterocycles. The van der Waals surface area contributed by atoms with Crippen LogP contribution in [0.25, 0.3) is 10.2 Å². The number of carbonyl (C=O) groups excluding carboxylic acids is 4. The number of piperidine rings is 1. The van der Waals surface area contributed by atoms with Crippen LogP contribution in [-0.4, -0.2) is 69.6 Å². The molecule has 2 aromatic rings. The Balaban J connectivity index is 1.37. The van der Waals surface area contributed by atoms with E-state index in [0.717, 1.165) is 37.9 Å². The number of para-hydroxylation sites is 1. The van der Waals surface area contributed by atoms with Crippen LogP contribution in [0.15, 0.2) is 24.3 Å². The Morgan fingerprint density at radius 2 is 1.79 bits per heavy atom. The number of hydrogen-bond acceptors (Lipinski definition) is 6. The van der Waals surface area contributed by atoms with Crippen LogP contribution in [0.1, 0.15) is 30.7 Å². The number of hydrogen-bond donors (Lipinski definition) is 0. The van der Waals surface area contributed by atoms with Gasteiger partial charge in [0, 0.05) is 25.6 Å². The number of urea groups is 1. The van der Waals surface area contributed by atoms with E-state index < -0.39 is 17.8 Å². The van der Waals surface area contributed by atoms with Gasteiger partial charge in [0.15, 0.2) is 0 Å². The maximum Gasteiger partial charge on any atom is 0.334 e. The topological polar surface area (TPSA) is 90.9 Å². The summed E-state index contributed by atoms with van der Waals surface area (Å²) >= 11 is 1.69. The molecule has 146 valence electrons. The minimum absolute atomic E-state index is 0.113. The van der Waals surface area contributed by atoms with Gasteiger partial charge in [-0.25, -0.2) is 14.7 Å². The van der Waals surface area contributed by atoms with Crippen LogP contribution in [0.2, 0.25) is 0 Å². The largest absolute Gasteiger partial charge is 0.341 e. The fourth-order valence-corrected chi connectivity index (χ4v) is 4.78. The van der Waals surface area contributed by atoms with Crippen LogP contribution in [0.4, 0.5) is 4.79 Å². The Hall–Kier alpha value is -2.81. The molecule has 0 N–H and O–H groups in total. The van der Waals surface area contributed by atoms with E-state index in [1.54, 1.807) is 23.2 Å². The Labute approximate surface area is 165 Å². The molecular formula is C19H20N4O4S. The smallest absolute Gasteiger partial charge is 0.334 e. The van der Waals surface area contributed by atoms with E-state index >= 15 is 0 Å². The third-order valence-electron chi connectivity index (χ3n) is 5.25. The highest BCUT2D eigenvalue weighted by molar-refractivity contribution is 7.18. The van der Waals surface area contributed by atoms with E-state index in [-0.39, 0.29) is 19.0 Å². The number of benzene rings is 1. The van der Waals surface area contributed by atoms with Gasteiger partial charge in [-0.3, -0.25) is 19.3 Å². The molecule has 9 heteroatoms. The number of carbonyl (C=O) groups is 4. The van der Waals surface area contributed by atoms with Crippen molar-refractivity contribution in [1.82, 2.24) is 19.7 Å². The molecule has 8 nitrogen and oxygen atoms in total. The van der Waals surface area contributed by atoms with Gasteiger partial charge in [-0.2, -0.15) is 0 Å². The van der Waals surface area contributed by atoms with Crippen molar-refractivity contribution in [2.45, 2.75) is 25.7 Å². The average Bonchev–Trinajstić information content (AvgIpc) is 3.23. The lowest BCUT2D eigenvalue weighted by atomic mass is 9.97. The minimum atomic E-state index is -0.926. The summed E-state index contributed by atoms with van der Waals surface area (Å²) in [6.45, 7) is 2.43. The van der Waals surface area contributed by atoms with E-state index in [1.807, 2.05) is 18.2 Å². The van der Waals surface area contributed by atoms with Gasteiger partial charge in [-0.1, -0.05) is 12.1 Å². The molecule has 0 unspecified atom stereocenters. The van der Waals surface area contributed by atoms with Gasteiger partial charge in [-0.15, -0.1) is 11.3 Å². The standard InChI is InChI=1S/C19H20N4O4S/c1-2-22-17(25)18(26)23(19(22)27)11-15(24)21-9-7-12(8-10-21)16-20-13-5-3-4-6-14(13)28-16/h3-6,12H,2,7-11H2,1H3. The highest BCUT2D eigenvalue weighted by Gasteiger charge is 2.44. The molecule has 1 aromatic carbocycles. The van der Waals surface area contributed by atoms with Gasteiger partial charge in [0.1, 0.15) is 6.54 Å². The summed E-state index contributed by atoms with van der Waals surface area (Å²) < 4.78 is 1.16. The summed E-state index contributed by atoms with van der Waals surface area (Å²) in [6, 6.07) is 7.31. The second kappa shape index (κ2) is 7.31. The fraction of sp³-hybridized carbons (Fsp3) is 0.421. The van der Waals surface area contributed by atoms with Crippen molar-refractivity contribution in [1.29, 1.82) is 0 Å². The summed E-state index contributed by atoms with van der Waals surface area (Å²) in [5.74, 6) is -1.80. The number of nitrogens with zero attached hydrogens (tertiary/aromatic N) is 4. The van der Waals surface area contributed by atoms with Crippen LogP contribution in [0, 0.1) is 0 Å². The van der Waals surface area contributed by atoms with Crippen molar-refractivity contribution in [3.8, 4) is 0 Å². The number of amides is 5. The second-order valence-corrected chi connectivity index (χ2v) is 7.96. The summed E-state index contributed by atoms with van der Waals surface area (Å²) in [5.41, 5.74) is 0.997. The molecule has 3 heterocycles. The number of likely N-dealkylation sites (tertiary alicyclic amines) is 1. The van der Waals surface area contributed by atoms with Crippen LogP contribution in [0.3, 0.4) is 0 Å². The summed E-state index contributed by atoms with van der Waals surface area (Å²) in [6.07, 6.45) is 1.57. The van der Waals surface area contributed by atoms with Gasteiger partial charge in [-0.05, 0) is 31.9 Å². The zero-order chi connectivity index (χ0) is 19.8. The highest BCUT2D eigenvalue weighted by atomic mass is 32.1. The molecule has 0 spiro atoms. The minimum Gasteiger partial charge on any atom is -0.341 e. The zero-order valence-electron chi connectivity index (χ0n) is 15.5. The van der Waals surface area contributed by atoms with Crippen LogP contribution in [0.5, 0.6) is 0 Å². The molecule has 2 fully saturated rings. The Morgan fingerprint density at radius 1 is 1.11 bits per heavy atom. The number of rotatable bonds is 4. The molecule has 4 rings (SSSR count). The molecule has 2 aliphatic heterocycles. The van der Waals surface area contributed by atoms with Crippen molar-refractivity contribution < 1.29 is 19.2 Å². The predicted molar refractivity (Wildman–Crippen MR) is 103 cm³/mol. The Morgan fingerprint density at radius 3 is 2.43 bits per heavy atom. The summed E-state index contributed by atoms with van der Waals surface area (Å²) in [5, 5.41) is 1.09. The molecule has 5 amide bonds. The van der Waals surface area contributed by atoms with Gasteiger partial charge in [0.05, 0.1) is 15.2 Å². The highest BCUT2D eigenvalue weighted by Crippen LogP contribution is 2.33. The monoisotopic (exact) mass is 400 g/mol. The lowest BCUT2D eigenvalue weighted by Gasteiger charge is -2.31. The van der Waals surface area contributed by atoms with E-state index in [2.05, 4.69) is 6.07 Å². The first kappa shape index (κ1) is 18.5. The first-order valence-corrected chi connectivity index (χ1v) is 10.1. The molecule has 28 heavy (non-hydrogen) atoms. The van der Waals surface area contributed by atoms with E-state index in [0.29, 0.717) is 19.0 Å². The quantitative estimate of drug-likeness (QED) is 0.577. The number of fused-ring (bicyclic) bond motifs is 1. The van der Waals surface area contributed by atoms with Crippen LogP contribution < -0.4 is 0 Å². The van der Waals surface area contributed by atoms with Crippen molar-refractivity contribution >= 4 is 45.3 Å². The first-order chi connectivity index (χ1) is 13.5. The summed E-state index contributed by atoms with van der Waals surface area (Å²) in [4.78, 5) is 56.4. The van der Waals surface area contributed by atoms with Gasteiger partial charge in [0.25, 0.3) is 0 Å². The van der Waals surface area contributed by atoms with E-state index in [9.17, 15) is 19.2 Å². The third kappa shape index (κ3) is 3.15. The first-order valence-electron chi connectivity index (χ1n) is 9.30. The maximum atomic E-state index is 12.6. The molecule has 0 radical (unpaired) electrons. The second-order valence-electron chi connectivity index (χ2n) is 6.90. The van der Waals surface area contributed by atoms with Crippen LogP contribution in [-0.2, 0) is 14.4 Å². The zero-order valence-corrected chi connectivity index (χ0v) is 16.3. The van der Waals surface area contributed by atoms with Crippen molar-refractivity contribution in [2.24, 2.45) is 0 Å². The number of imide groups is 2. The number of aromatic nitrogens is 1. The van der Waals surface area contributed by atoms with Gasteiger partial charge < -0.3 is 4.90 Å². The third-order valence-corrected chi connectivity index (χ3v) is 6.45. The predicted octanol–water partition coefficient (Wildman–Crippen LogP) is 1.81. The summed E-state index contributed by atoms with van der Waals surface area (Å²) in [7, 11) is 0. The normalized spacial score (nSPS) is 18.6. The molecule has 2 aliphatic rings. The fourth-order valence-electron chi connectivity index (χ4n) is 3.64. The molecule has 0 atom stereocenters.